The van der Waals surface area contributed by atoms with Crippen molar-refractivity contribution >= 4 is 8.80 Å². The first kappa shape index (κ1) is 51.1. The van der Waals surface area contributed by atoms with Gasteiger partial charge in [0.05, 0.1) is 0 Å². The van der Waals surface area contributed by atoms with Gasteiger partial charge >= 0.3 is 8.80 Å². The molecule has 0 saturated heterocycles. The van der Waals surface area contributed by atoms with Gasteiger partial charge in [0.2, 0.25) is 0 Å². The van der Waals surface area contributed by atoms with Crippen LogP contribution in [0.5, 0.6) is 0 Å². The molecule has 0 aromatic carbocycles. The van der Waals surface area contributed by atoms with Crippen molar-refractivity contribution in [3.05, 3.63) is 0 Å². The summed E-state index contributed by atoms with van der Waals surface area (Å²) in [5.74, 6) is 0. The second-order valence-electron chi connectivity index (χ2n) is 16.4. The van der Waals surface area contributed by atoms with Crippen molar-refractivity contribution in [1.29, 1.82) is 0 Å². The molecule has 0 spiro atoms. The van der Waals surface area contributed by atoms with Crippen molar-refractivity contribution in [2.45, 2.75) is 284 Å². The van der Waals surface area contributed by atoms with E-state index in [1.54, 1.807) is 0 Å². The summed E-state index contributed by atoms with van der Waals surface area (Å²) >= 11 is 0. The zero-order valence-electron chi connectivity index (χ0n) is 36.1. The van der Waals surface area contributed by atoms with Crippen LogP contribution < -0.4 is 0 Å². The lowest BCUT2D eigenvalue weighted by Crippen LogP contribution is -2.45. The van der Waals surface area contributed by atoms with Crippen LogP contribution in [0.2, 0.25) is 6.04 Å². The van der Waals surface area contributed by atoms with E-state index in [0.717, 1.165) is 32.1 Å². The Morgan fingerprint density at radius 3 is 0.667 bits per heavy atom. The maximum absolute atomic E-state index is 6.58. The van der Waals surface area contributed by atoms with Crippen molar-refractivity contribution in [3.8, 4) is 0 Å². The van der Waals surface area contributed by atoms with Crippen LogP contribution in [-0.2, 0) is 13.3 Å². The summed E-state index contributed by atoms with van der Waals surface area (Å²) in [5.41, 5.74) is 0. The van der Waals surface area contributed by atoms with E-state index in [9.17, 15) is 0 Å². The van der Waals surface area contributed by atoms with Gasteiger partial charge in [-0.1, -0.05) is 258 Å². The Bertz CT molecular complexity index is 576. The van der Waals surface area contributed by atoms with Crippen LogP contribution in [-0.4, -0.2) is 29.1 Å². The van der Waals surface area contributed by atoms with E-state index < -0.39 is 8.80 Å². The summed E-state index contributed by atoms with van der Waals surface area (Å²) in [6, 6.07) is 0.996. The molecule has 0 radical (unpaired) electrons. The molecule has 0 aromatic rings. The van der Waals surface area contributed by atoms with Crippen molar-refractivity contribution in [2.75, 3.05) is 20.3 Å². The summed E-state index contributed by atoms with van der Waals surface area (Å²) in [5, 5.41) is 0. The Labute approximate surface area is 325 Å². The third-order valence-corrected chi connectivity index (χ3v) is 14.2. The molecule has 0 aliphatic rings. The minimum absolute atomic E-state index is 0.814. The molecule has 3 nitrogen and oxygen atoms in total. The second kappa shape index (κ2) is 44.5. The normalized spacial score (nSPS) is 12.0. The number of hydrogen-bond acceptors (Lipinski definition) is 3. The molecule has 0 aliphatic heterocycles. The van der Waals surface area contributed by atoms with Crippen LogP contribution in [0, 0.1) is 0 Å². The van der Waals surface area contributed by atoms with Crippen LogP contribution in [0.3, 0.4) is 0 Å². The SMILES string of the molecule is CCCCCCCCCCCCCCCCCCO[Si](CCCCCCCCCC)(OC)OCCCCCCCCCCCCCCCCCC. The maximum atomic E-state index is 6.58. The van der Waals surface area contributed by atoms with Crippen LogP contribution in [0.25, 0.3) is 0 Å². The molecule has 0 aliphatic carbocycles. The van der Waals surface area contributed by atoms with Gasteiger partial charge < -0.3 is 13.3 Å². The highest BCUT2D eigenvalue weighted by molar-refractivity contribution is 6.60. The summed E-state index contributed by atoms with van der Waals surface area (Å²) < 4.78 is 19.3. The molecule has 51 heavy (non-hydrogen) atoms. The van der Waals surface area contributed by atoms with E-state index >= 15 is 0 Å². The quantitative estimate of drug-likeness (QED) is 0.0460. The Hall–Kier alpha value is 0.0969. The Morgan fingerprint density at radius 1 is 0.255 bits per heavy atom. The van der Waals surface area contributed by atoms with E-state index in [1.165, 1.54) is 244 Å². The molecule has 0 N–H and O–H groups in total. The van der Waals surface area contributed by atoms with Gasteiger partial charge in [-0.25, -0.2) is 0 Å². The van der Waals surface area contributed by atoms with E-state index in [4.69, 9.17) is 13.3 Å². The zero-order valence-corrected chi connectivity index (χ0v) is 37.1. The Balaban J connectivity index is 4.05. The van der Waals surface area contributed by atoms with E-state index in [-0.39, 0.29) is 0 Å². The monoisotopic (exact) mass is 739 g/mol. The minimum atomic E-state index is -2.57. The predicted octanol–water partition coefficient (Wildman–Crippen LogP) is 17.3. The molecular weight excluding hydrogens is 641 g/mol. The van der Waals surface area contributed by atoms with Gasteiger partial charge in [0.1, 0.15) is 0 Å². The molecule has 0 amide bonds. The molecule has 0 atom stereocenters. The van der Waals surface area contributed by atoms with E-state index in [2.05, 4.69) is 20.8 Å². The molecule has 308 valence electrons. The fourth-order valence-electron chi connectivity index (χ4n) is 7.64. The smallest absolute Gasteiger partial charge is 0.377 e. The second-order valence-corrected chi connectivity index (χ2v) is 19.3. The standard InChI is InChI=1S/C47H98O3Si/c1-5-8-11-14-17-20-22-24-26-28-30-32-34-36-39-42-45-49-51(48-4,47-44-41-38-19-16-13-10-7-3)50-46-43-40-37-35-33-31-29-27-25-23-21-18-15-12-9-6-2/h5-47H2,1-4H3. The first-order valence-electron chi connectivity index (χ1n) is 24.1. The Kier molecular flexibility index (Phi) is 44.6. The van der Waals surface area contributed by atoms with Crippen molar-refractivity contribution in [1.82, 2.24) is 0 Å². The highest BCUT2D eigenvalue weighted by Gasteiger charge is 2.39. The summed E-state index contributed by atoms with van der Waals surface area (Å²) in [6.45, 7) is 8.54. The van der Waals surface area contributed by atoms with E-state index in [1.807, 2.05) is 7.11 Å². The Morgan fingerprint density at radius 2 is 0.451 bits per heavy atom. The van der Waals surface area contributed by atoms with Crippen LogP contribution in [0.1, 0.15) is 278 Å². The number of unbranched alkanes of at least 4 members (excludes halogenated alkanes) is 37. The molecule has 4 heteroatoms. The molecule has 0 aromatic heterocycles. The molecule has 0 saturated carbocycles. The first-order valence-corrected chi connectivity index (χ1v) is 26.0. The summed E-state index contributed by atoms with van der Waals surface area (Å²) in [4.78, 5) is 0. The topological polar surface area (TPSA) is 27.7 Å². The average molecular weight is 739 g/mol. The summed E-state index contributed by atoms with van der Waals surface area (Å²) in [7, 11) is -0.709. The largest absolute Gasteiger partial charge is 0.500 e. The van der Waals surface area contributed by atoms with Crippen LogP contribution in [0.4, 0.5) is 0 Å². The third kappa shape index (κ3) is 39.6. The zero-order chi connectivity index (χ0) is 37.0. The van der Waals surface area contributed by atoms with Crippen molar-refractivity contribution < 1.29 is 13.3 Å². The fourth-order valence-corrected chi connectivity index (χ4v) is 10.0. The molecule has 0 rings (SSSR count). The average Bonchev–Trinajstić information content (AvgIpc) is 3.14. The highest BCUT2D eigenvalue weighted by atomic mass is 28.4. The number of hydrogen-bond donors (Lipinski definition) is 0. The lowest BCUT2D eigenvalue weighted by atomic mass is 10.0. The summed E-state index contributed by atoms with van der Waals surface area (Å²) in [6.07, 6.45) is 55.6. The van der Waals surface area contributed by atoms with Gasteiger partial charge in [0.15, 0.2) is 0 Å². The predicted molar refractivity (Wildman–Crippen MR) is 231 cm³/mol. The van der Waals surface area contributed by atoms with Crippen LogP contribution in [0.15, 0.2) is 0 Å². The maximum Gasteiger partial charge on any atom is 0.500 e. The fraction of sp³-hybridized carbons (Fsp3) is 1.00. The molecule has 0 fully saturated rings. The van der Waals surface area contributed by atoms with Gasteiger partial charge in [0, 0.05) is 26.4 Å². The first-order chi connectivity index (χ1) is 25.2. The lowest BCUT2D eigenvalue weighted by Gasteiger charge is -2.28. The van der Waals surface area contributed by atoms with E-state index in [0.29, 0.717) is 0 Å². The van der Waals surface area contributed by atoms with Gasteiger partial charge in [-0.15, -0.1) is 0 Å². The lowest BCUT2D eigenvalue weighted by molar-refractivity contribution is 0.0734. The van der Waals surface area contributed by atoms with Gasteiger partial charge in [0.25, 0.3) is 0 Å². The third-order valence-electron chi connectivity index (χ3n) is 11.3. The molecule has 0 unspecified atom stereocenters. The van der Waals surface area contributed by atoms with Gasteiger partial charge in [-0.3, -0.25) is 0 Å². The van der Waals surface area contributed by atoms with Crippen LogP contribution >= 0.6 is 0 Å². The van der Waals surface area contributed by atoms with Crippen molar-refractivity contribution in [2.24, 2.45) is 0 Å². The van der Waals surface area contributed by atoms with Gasteiger partial charge in [-0.2, -0.15) is 0 Å². The highest BCUT2D eigenvalue weighted by Crippen LogP contribution is 2.22. The molecule has 0 heterocycles. The number of rotatable bonds is 46. The van der Waals surface area contributed by atoms with Crippen molar-refractivity contribution in [3.63, 3.8) is 0 Å². The molecular formula is C47H98O3Si. The van der Waals surface area contributed by atoms with Gasteiger partial charge in [-0.05, 0) is 19.3 Å². The molecule has 0 bridgehead atoms. The minimum Gasteiger partial charge on any atom is -0.377 e.